The predicted molar refractivity (Wildman–Crippen MR) is 118 cm³/mol. The van der Waals surface area contributed by atoms with E-state index in [1.807, 2.05) is 60.7 Å². The standard InChI is InChI=1S/C24H30N2O3S/c1-23(2)19-13-14-24(23,20(27)15-19)16-30(28,29)26-22(18-11-7-4-8-12-18)21(25)17-9-5-3-6-10-17/h3-12,19,21-22,26H,13-16,25H2,1-2H3/t19?,21-,22-,24+/m0/s1. The van der Waals surface area contributed by atoms with Crippen molar-refractivity contribution in [3.63, 3.8) is 0 Å². The number of nitrogens with one attached hydrogen (secondary N) is 1. The van der Waals surface area contributed by atoms with Gasteiger partial charge in [0.1, 0.15) is 5.78 Å². The van der Waals surface area contributed by atoms with Crippen LogP contribution >= 0.6 is 0 Å². The molecule has 5 nitrogen and oxygen atoms in total. The number of benzene rings is 2. The van der Waals surface area contributed by atoms with Crippen molar-refractivity contribution >= 4 is 15.8 Å². The van der Waals surface area contributed by atoms with Crippen LogP contribution in [-0.2, 0) is 14.8 Å². The van der Waals surface area contributed by atoms with Gasteiger partial charge in [-0.3, -0.25) is 4.79 Å². The van der Waals surface area contributed by atoms with Crippen LogP contribution in [0.3, 0.4) is 0 Å². The molecule has 30 heavy (non-hydrogen) atoms. The maximum atomic E-state index is 13.4. The SMILES string of the molecule is CC1(C)C2CC[C@@]1(CS(=O)(=O)N[C@@H](c1ccccc1)[C@@H](N)c1ccccc1)C(=O)C2. The maximum absolute atomic E-state index is 13.4. The van der Waals surface area contributed by atoms with Crippen molar-refractivity contribution in [2.75, 3.05) is 5.75 Å². The first kappa shape index (κ1) is 21.2. The van der Waals surface area contributed by atoms with E-state index in [-0.39, 0.29) is 22.9 Å². The summed E-state index contributed by atoms with van der Waals surface area (Å²) in [5.41, 5.74) is 7.09. The normalized spacial score (nSPS) is 27.2. The average molecular weight is 427 g/mol. The minimum Gasteiger partial charge on any atom is -0.322 e. The number of Topliss-reactive ketones (excluding diaryl/α,β-unsaturated/α-hetero) is 1. The molecule has 0 aliphatic heterocycles. The van der Waals surface area contributed by atoms with Crippen molar-refractivity contribution in [2.45, 2.75) is 45.2 Å². The summed E-state index contributed by atoms with van der Waals surface area (Å²) in [5, 5.41) is 0. The summed E-state index contributed by atoms with van der Waals surface area (Å²) < 4.78 is 29.7. The fourth-order valence-corrected chi connectivity index (χ4v) is 7.62. The zero-order chi connectivity index (χ0) is 21.6. The molecule has 6 heteroatoms. The van der Waals surface area contributed by atoms with Gasteiger partial charge in [-0.25, -0.2) is 13.1 Å². The van der Waals surface area contributed by atoms with Crippen LogP contribution in [0.15, 0.2) is 60.7 Å². The summed E-state index contributed by atoms with van der Waals surface area (Å²) in [4.78, 5) is 12.8. The van der Waals surface area contributed by atoms with Gasteiger partial charge >= 0.3 is 0 Å². The Morgan fingerprint density at radius 3 is 2.10 bits per heavy atom. The molecule has 2 saturated carbocycles. The van der Waals surface area contributed by atoms with Gasteiger partial charge in [-0.2, -0.15) is 0 Å². The van der Waals surface area contributed by atoms with Gasteiger partial charge in [-0.15, -0.1) is 0 Å². The van der Waals surface area contributed by atoms with Crippen molar-refractivity contribution in [1.29, 1.82) is 0 Å². The second kappa shape index (κ2) is 7.59. The van der Waals surface area contributed by atoms with Crippen LogP contribution in [0.25, 0.3) is 0 Å². The summed E-state index contributed by atoms with van der Waals surface area (Å²) >= 11 is 0. The molecule has 0 radical (unpaired) electrons. The van der Waals surface area contributed by atoms with Crippen LogP contribution in [0.2, 0.25) is 0 Å². The average Bonchev–Trinajstić information content (AvgIpc) is 3.07. The first-order chi connectivity index (χ1) is 14.2. The Balaban J connectivity index is 1.65. The van der Waals surface area contributed by atoms with Crippen LogP contribution in [0, 0.1) is 16.7 Å². The van der Waals surface area contributed by atoms with Gasteiger partial charge in [0.05, 0.1) is 17.8 Å². The van der Waals surface area contributed by atoms with E-state index >= 15 is 0 Å². The van der Waals surface area contributed by atoms with Crippen molar-refractivity contribution in [2.24, 2.45) is 22.5 Å². The minimum atomic E-state index is -3.76. The van der Waals surface area contributed by atoms with Gasteiger partial charge < -0.3 is 5.73 Å². The fourth-order valence-electron chi connectivity index (χ4n) is 5.54. The van der Waals surface area contributed by atoms with Gasteiger partial charge in [0, 0.05) is 11.8 Å². The second-order valence-corrected chi connectivity index (χ2v) is 11.1. The Hall–Kier alpha value is -2.02. The third-order valence-electron chi connectivity index (χ3n) is 7.58. The van der Waals surface area contributed by atoms with Gasteiger partial charge in [-0.1, -0.05) is 74.5 Å². The van der Waals surface area contributed by atoms with E-state index in [0.717, 1.165) is 17.5 Å². The van der Waals surface area contributed by atoms with Crippen LogP contribution in [-0.4, -0.2) is 20.0 Å². The molecular formula is C24H30N2O3S. The molecule has 0 spiro atoms. The number of sulfonamides is 1. The van der Waals surface area contributed by atoms with E-state index in [0.29, 0.717) is 12.8 Å². The topological polar surface area (TPSA) is 89.3 Å². The lowest BCUT2D eigenvalue weighted by Crippen LogP contribution is -2.47. The summed E-state index contributed by atoms with van der Waals surface area (Å²) in [7, 11) is -3.76. The third kappa shape index (κ3) is 3.51. The first-order valence-corrected chi connectivity index (χ1v) is 12.2. The van der Waals surface area contributed by atoms with Crippen molar-refractivity contribution < 1.29 is 13.2 Å². The van der Waals surface area contributed by atoms with Gasteiger partial charge in [-0.05, 0) is 35.3 Å². The smallest absolute Gasteiger partial charge is 0.213 e. The van der Waals surface area contributed by atoms with E-state index in [9.17, 15) is 13.2 Å². The highest BCUT2D eigenvalue weighted by molar-refractivity contribution is 7.89. The molecule has 2 aromatic rings. The minimum absolute atomic E-state index is 0.0951. The highest BCUT2D eigenvalue weighted by atomic mass is 32.2. The van der Waals surface area contributed by atoms with E-state index in [4.69, 9.17) is 5.73 Å². The molecule has 2 aliphatic rings. The molecule has 160 valence electrons. The number of carbonyl (C=O) groups is 1. The Kier molecular flexibility index (Phi) is 5.37. The summed E-state index contributed by atoms with van der Waals surface area (Å²) in [5.74, 6) is 0.196. The third-order valence-corrected chi connectivity index (χ3v) is 9.07. The number of ketones is 1. The Bertz CT molecular complexity index is 1020. The molecule has 2 aromatic carbocycles. The molecule has 2 aliphatic carbocycles. The van der Waals surface area contributed by atoms with E-state index in [1.165, 1.54) is 0 Å². The summed E-state index contributed by atoms with van der Waals surface area (Å²) in [6.45, 7) is 4.10. The molecule has 0 amide bonds. The number of rotatable bonds is 7. The lowest BCUT2D eigenvalue weighted by molar-refractivity contribution is -0.128. The molecule has 0 heterocycles. The zero-order valence-electron chi connectivity index (χ0n) is 17.5. The lowest BCUT2D eigenvalue weighted by Gasteiger charge is -2.37. The van der Waals surface area contributed by atoms with E-state index < -0.39 is 27.5 Å². The van der Waals surface area contributed by atoms with Crippen LogP contribution in [0.5, 0.6) is 0 Å². The molecular weight excluding hydrogens is 396 g/mol. The Morgan fingerprint density at radius 1 is 1.03 bits per heavy atom. The van der Waals surface area contributed by atoms with Crippen molar-refractivity contribution in [1.82, 2.24) is 4.72 Å². The highest BCUT2D eigenvalue weighted by Gasteiger charge is 2.65. The van der Waals surface area contributed by atoms with Crippen LogP contribution < -0.4 is 10.5 Å². The number of carbonyl (C=O) groups excluding carboxylic acids is 1. The second-order valence-electron chi connectivity index (χ2n) is 9.37. The van der Waals surface area contributed by atoms with Gasteiger partial charge in [0.15, 0.2) is 0 Å². The van der Waals surface area contributed by atoms with Crippen LogP contribution in [0.1, 0.15) is 56.3 Å². The lowest BCUT2D eigenvalue weighted by atomic mass is 9.70. The summed E-state index contributed by atoms with van der Waals surface area (Å²) in [6, 6.07) is 17.7. The van der Waals surface area contributed by atoms with Gasteiger partial charge in [0.2, 0.25) is 10.0 Å². The zero-order valence-corrected chi connectivity index (χ0v) is 18.4. The number of nitrogens with two attached hydrogens (primary N) is 1. The largest absolute Gasteiger partial charge is 0.322 e. The molecule has 4 rings (SSSR count). The first-order valence-electron chi connectivity index (χ1n) is 10.6. The molecule has 2 bridgehead atoms. The van der Waals surface area contributed by atoms with Crippen molar-refractivity contribution in [3.8, 4) is 0 Å². The number of hydrogen-bond acceptors (Lipinski definition) is 4. The Morgan fingerprint density at radius 2 is 1.60 bits per heavy atom. The van der Waals surface area contributed by atoms with Crippen molar-refractivity contribution in [3.05, 3.63) is 71.8 Å². The Labute approximate surface area is 179 Å². The molecule has 0 saturated heterocycles. The molecule has 3 N–H and O–H groups in total. The molecule has 2 fully saturated rings. The fraction of sp³-hybridized carbons (Fsp3) is 0.458. The van der Waals surface area contributed by atoms with E-state index in [1.54, 1.807) is 0 Å². The maximum Gasteiger partial charge on any atom is 0.213 e. The van der Waals surface area contributed by atoms with Gasteiger partial charge in [0.25, 0.3) is 0 Å². The predicted octanol–water partition coefficient (Wildman–Crippen LogP) is 3.74. The molecule has 4 atom stereocenters. The number of fused-ring (bicyclic) bond motifs is 2. The number of hydrogen-bond donors (Lipinski definition) is 2. The molecule has 0 aromatic heterocycles. The summed E-state index contributed by atoms with van der Waals surface area (Å²) in [6.07, 6.45) is 2.05. The molecule has 1 unspecified atom stereocenters. The quantitative estimate of drug-likeness (QED) is 0.706. The highest BCUT2D eigenvalue weighted by Crippen LogP contribution is 2.64. The monoisotopic (exact) mass is 426 g/mol. The van der Waals surface area contributed by atoms with E-state index in [2.05, 4.69) is 18.6 Å². The van der Waals surface area contributed by atoms with Crippen LogP contribution in [0.4, 0.5) is 0 Å².